The van der Waals surface area contributed by atoms with Gasteiger partial charge in [0.15, 0.2) is 0 Å². The summed E-state index contributed by atoms with van der Waals surface area (Å²) in [6.45, 7) is 3.14. The van der Waals surface area contributed by atoms with Crippen LogP contribution in [0.1, 0.15) is 12.0 Å². The first-order chi connectivity index (χ1) is 7.26. The molecule has 1 rings (SSSR count). The van der Waals surface area contributed by atoms with Crippen molar-refractivity contribution in [2.45, 2.75) is 6.42 Å². The Morgan fingerprint density at radius 3 is 2.47 bits per heavy atom. The fourth-order valence-electron chi connectivity index (χ4n) is 0.936. The standard InChI is InChI=1S/C10H12ClN.C2H5N/c11-8-4-3-6-9-5-1-2-7-10(9)12;1-2-3/h1-3,5-7H,4,8,12H2;2H,1,3H2/b6-3+;. The van der Waals surface area contributed by atoms with Crippen LogP contribution in [0.5, 0.6) is 0 Å². The van der Waals surface area contributed by atoms with Crippen molar-refractivity contribution in [2.75, 3.05) is 11.6 Å². The molecule has 0 saturated heterocycles. The van der Waals surface area contributed by atoms with Gasteiger partial charge in [-0.05, 0) is 24.3 Å². The number of nitrogen functional groups attached to an aromatic ring is 1. The first-order valence-electron chi connectivity index (χ1n) is 4.66. The zero-order valence-electron chi connectivity index (χ0n) is 8.70. The molecule has 0 aliphatic carbocycles. The predicted octanol–water partition coefficient (Wildman–Crippen LogP) is 3.00. The monoisotopic (exact) mass is 224 g/mol. The van der Waals surface area contributed by atoms with E-state index in [4.69, 9.17) is 17.3 Å². The third kappa shape index (κ3) is 6.63. The Kier molecular flexibility index (Phi) is 8.30. The summed E-state index contributed by atoms with van der Waals surface area (Å²) in [5, 5.41) is 0. The minimum atomic E-state index is 0.656. The molecule has 0 spiro atoms. The van der Waals surface area contributed by atoms with E-state index in [0.29, 0.717) is 5.88 Å². The number of allylic oxidation sites excluding steroid dienone is 1. The second-order valence-electron chi connectivity index (χ2n) is 2.74. The number of hydrogen-bond acceptors (Lipinski definition) is 2. The Hall–Kier alpha value is -1.41. The molecule has 0 aliphatic rings. The third-order valence-electron chi connectivity index (χ3n) is 1.57. The Balaban J connectivity index is 0.000000583. The van der Waals surface area contributed by atoms with Gasteiger partial charge in [0, 0.05) is 11.6 Å². The van der Waals surface area contributed by atoms with Crippen molar-refractivity contribution in [3.05, 3.63) is 48.7 Å². The van der Waals surface area contributed by atoms with Crippen molar-refractivity contribution in [1.29, 1.82) is 0 Å². The molecule has 0 bridgehead atoms. The number of hydrogen-bond donors (Lipinski definition) is 2. The van der Waals surface area contributed by atoms with Gasteiger partial charge >= 0.3 is 0 Å². The smallest absolute Gasteiger partial charge is 0.0387 e. The predicted molar refractivity (Wildman–Crippen MR) is 69.6 cm³/mol. The van der Waals surface area contributed by atoms with E-state index in [1.54, 1.807) is 0 Å². The quantitative estimate of drug-likeness (QED) is 0.613. The summed E-state index contributed by atoms with van der Waals surface area (Å²) in [4.78, 5) is 0. The van der Waals surface area contributed by atoms with Crippen molar-refractivity contribution in [1.82, 2.24) is 0 Å². The summed E-state index contributed by atoms with van der Waals surface area (Å²) in [6.07, 6.45) is 6.16. The molecule has 2 nitrogen and oxygen atoms in total. The van der Waals surface area contributed by atoms with Crippen molar-refractivity contribution < 1.29 is 0 Å². The summed E-state index contributed by atoms with van der Waals surface area (Å²) in [7, 11) is 0. The van der Waals surface area contributed by atoms with Crippen LogP contribution in [0.4, 0.5) is 5.69 Å². The van der Waals surface area contributed by atoms with Gasteiger partial charge in [0.25, 0.3) is 0 Å². The molecule has 3 heteroatoms. The second kappa shape index (κ2) is 9.16. The summed E-state index contributed by atoms with van der Waals surface area (Å²) in [5.41, 5.74) is 12.2. The lowest BCUT2D eigenvalue weighted by molar-refractivity contribution is 1.24. The first-order valence-corrected chi connectivity index (χ1v) is 5.19. The minimum absolute atomic E-state index is 0.656. The summed E-state index contributed by atoms with van der Waals surface area (Å²) in [5.74, 6) is 0.656. The Morgan fingerprint density at radius 2 is 1.93 bits per heavy atom. The average molecular weight is 225 g/mol. The molecule has 0 amide bonds. The van der Waals surface area contributed by atoms with Crippen molar-refractivity contribution >= 4 is 23.4 Å². The molecule has 0 radical (unpaired) electrons. The van der Waals surface area contributed by atoms with Crippen LogP contribution in [0, 0.1) is 0 Å². The van der Waals surface area contributed by atoms with Gasteiger partial charge in [-0.2, -0.15) is 0 Å². The molecule has 0 fully saturated rings. The molecular formula is C12H17ClN2. The number of nitrogens with two attached hydrogens (primary N) is 2. The van der Waals surface area contributed by atoms with Crippen LogP contribution in [0.3, 0.4) is 0 Å². The number of halogens is 1. The van der Waals surface area contributed by atoms with Crippen LogP contribution in [-0.2, 0) is 0 Å². The zero-order valence-corrected chi connectivity index (χ0v) is 9.45. The van der Waals surface area contributed by atoms with Crippen molar-refractivity contribution in [3.8, 4) is 0 Å². The van der Waals surface area contributed by atoms with Crippen LogP contribution >= 0.6 is 11.6 Å². The van der Waals surface area contributed by atoms with Crippen molar-refractivity contribution in [2.24, 2.45) is 5.73 Å². The molecule has 0 unspecified atom stereocenters. The van der Waals surface area contributed by atoms with E-state index < -0.39 is 0 Å². The van der Waals surface area contributed by atoms with Gasteiger partial charge in [-0.1, -0.05) is 36.9 Å². The van der Waals surface area contributed by atoms with E-state index in [-0.39, 0.29) is 0 Å². The van der Waals surface area contributed by atoms with E-state index in [1.165, 1.54) is 6.20 Å². The number of rotatable bonds is 3. The highest BCUT2D eigenvalue weighted by molar-refractivity contribution is 6.17. The highest BCUT2D eigenvalue weighted by Crippen LogP contribution is 2.12. The number of anilines is 1. The minimum Gasteiger partial charge on any atom is -0.405 e. The van der Waals surface area contributed by atoms with Crippen LogP contribution in [0.15, 0.2) is 43.1 Å². The molecule has 0 aromatic heterocycles. The van der Waals surface area contributed by atoms with Crippen LogP contribution in [0.2, 0.25) is 0 Å². The van der Waals surface area contributed by atoms with Crippen LogP contribution < -0.4 is 11.5 Å². The molecule has 1 aromatic rings. The lowest BCUT2D eigenvalue weighted by Gasteiger charge is -1.97. The van der Waals surface area contributed by atoms with Gasteiger partial charge in [-0.3, -0.25) is 0 Å². The van der Waals surface area contributed by atoms with E-state index in [9.17, 15) is 0 Å². The number of para-hydroxylation sites is 1. The maximum atomic E-state index is 5.72. The molecule has 0 atom stereocenters. The molecule has 15 heavy (non-hydrogen) atoms. The highest BCUT2D eigenvalue weighted by atomic mass is 35.5. The lowest BCUT2D eigenvalue weighted by Crippen LogP contribution is -1.87. The van der Waals surface area contributed by atoms with Gasteiger partial charge in [-0.25, -0.2) is 0 Å². The van der Waals surface area contributed by atoms with Gasteiger partial charge in [-0.15, -0.1) is 11.6 Å². The van der Waals surface area contributed by atoms with E-state index in [0.717, 1.165) is 17.7 Å². The van der Waals surface area contributed by atoms with Gasteiger partial charge in [0.1, 0.15) is 0 Å². The second-order valence-corrected chi connectivity index (χ2v) is 3.12. The molecule has 0 heterocycles. The fraction of sp³-hybridized carbons (Fsp3) is 0.167. The van der Waals surface area contributed by atoms with E-state index >= 15 is 0 Å². The van der Waals surface area contributed by atoms with E-state index in [1.807, 2.05) is 36.4 Å². The lowest BCUT2D eigenvalue weighted by atomic mass is 10.1. The molecule has 0 saturated carbocycles. The summed E-state index contributed by atoms with van der Waals surface area (Å²) >= 11 is 5.53. The Bertz CT molecular complexity index is 308. The largest absolute Gasteiger partial charge is 0.405 e. The Morgan fingerprint density at radius 1 is 1.33 bits per heavy atom. The normalized spacial score (nSPS) is 9.40. The topological polar surface area (TPSA) is 52.0 Å². The van der Waals surface area contributed by atoms with Crippen LogP contribution in [-0.4, -0.2) is 5.88 Å². The zero-order chi connectivity index (χ0) is 11.5. The fourth-order valence-corrected chi connectivity index (χ4v) is 1.06. The summed E-state index contributed by atoms with van der Waals surface area (Å²) in [6, 6.07) is 7.77. The average Bonchev–Trinajstić information content (AvgIpc) is 2.22. The maximum Gasteiger partial charge on any atom is 0.0387 e. The summed E-state index contributed by atoms with van der Waals surface area (Å²) < 4.78 is 0. The number of benzene rings is 1. The van der Waals surface area contributed by atoms with Crippen molar-refractivity contribution in [3.63, 3.8) is 0 Å². The SMILES string of the molecule is C=CN.Nc1ccccc1/C=C/CCCl. The molecule has 1 aromatic carbocycles. The third-order valence-corrected chi connectivity index (χ3v) is 1.79. The Labute approximate surface area is 96.2 Å². The van der Waals surface area contributed by atoms with Crippen LogP contribution in [0.25, 0.3) is 6.08 Å². The van der Waals surface area contributed by atoms with Gasteiger partial charge in [0.05, 0.1) is 0 Å². The maximum absolute atomic E-state index is 5.72. The molecule has 4 N–H and O–H groups in total. The molecular weight excluding hydrogens is 208 g/mol. The molecule has 0 aliphatic heterocycles. The van der Waals surface area contributed by atoms with E-state index in [2.05, 4.69) is 12.3 Å². The highest BCUT2D eigenvalue weighted by Gasteiger charge is 1.89. The molecule has 82 valence electrons. The first kappa shape index (κ1) is 13.6. The van der Waals surface area contributed by atoms with Gasteiger partial charge < -0.3 is 11.5 Å². The number of alkyl halides is 1. The van der Waals surface area contributed by atoms with Gasteiger partial charge in [0.2, 0.25) is 0 Å².